The van der Waals surface area contributed by atoms with E-state index in [0.717, 1.165) is 0 Å². The van der Waals surface area contributed by atoms with E-state index in [4.69, 9.17) is 5.73 Å². The Hall–Kier alpha value is -1.29. The molecule has 3 N–H and O–H groups in total. The molecule has 1 rings (SSSR count). The molecule has 1 aromatic rings. The number of hydrogen-bond donors (Lipinski definition) is 2. The molecule has 0 fully saturated rings. The Morgan fingerprint density at radius 3 is 2.46 bits per heavy atom. The summed E-state index contributed by atoms with van der Waals surface area (Å²) in [5, 5.41) is 0. The van der Waals surface area contributed by atoms with Gasteiger partial charge in [0.25, 0.3) is 0 Å². The highest BCUT2D eigenvalue weighted by molar-refractivity contribution is 5.88. The quantitative estimate of drug-likeness (QED) is 0.715. The van der Waals surface area contributed by atoms with E-state index in [0.29, 0.717) is 6.54 Å². The predicted octanol–water partition coefficient (Wildman–Crippen LogP) is 0.543. The van der Waals surface area contributed by atoms with Gasteiger partial charge < -0.3 is 5.73 Å². The van der Waals surface area contributed by atoms with Crippen LogP contribution < -0.4 is 11.2 Å². The van der Waals surface area contributed by atoms with Crippen LogP contribution in [0.15, 0.2) is 24.5 Å². The lowest BCUT2D eigenvalue weighted by Crippen LogP contribution is -2.40. The normalized spacial score (nSPS) is 11.3. The number of nitrogens with one attached hydrogen (secondary N) is 1. The summed E-state index contributed by atoms with van der Waals surface area (Å²) in [6.07, 6.45) is 3.54. The lowest BCUT2D eigenvalue weighted by atomic mass is 9.93. The first-order valence-corrected chi connectivity index (χ1v) is 4.21. The minimum absolute atomic E-state index is 0.0776. The fourth-order valence-electron chi connectivity index (χ4n) is 0.770. The Labute approximate surface area is 77.7 Å². The molecule has 1 amide bonds. The summed E-state index contributed by atoms with van der Waals surface area (Å²) in [5.74, 6) is -0.0776. The van der Waals surface area contributed by atoms with Crippen LogP contribution >= 0.6 is 0 Å². The number of hydrogen-bond acceptors (Lipinski definition) is 2. The second-order valence-electron chi connectivity index (χ2n) is 3.62. The van der Waals surface area contributed by atoms with Gasteiger partial charge in [0, 0.05) is 18.9 Å². The van der Waals surface area contributed by atoms with Crippen LogP contribution in [-0.2, 0) is 4.79 Å². The monoisotopic (exact) mass is 181 g/mol. The largest absolute Gasteiger partial charge is 0.329 e. The Morgan fingerprint density at radius 2 is 2.00 bits per heavy atom. The molecule has 1 aromatic heterocycles. The number of nitrogens with zero attached hydrogens (tertiary/aromatic N) is 1. The van der Waals surface area contributed by atoms with E-state index in [2.05, 4.69) is 5.43 Å². The second kappa shape index (κ2) is 3.62. The van der Waals surface area contributed by atoms with Crippen LogP contribution in [0.3, 0.4) is 0 Å². The first-order valence-electron chi connectivity index (χ1n) is 4.21. The maximum atomic E-state index is 11.6. The van der Waals surface area contributed by atoms with E-state index in [1.54, 1.807) is 17.1 Å². The highest BCUT2D eigenvalue weighted by atomic mass is 16.2. The van der Waals surface area contributed by atoms with Crippen LogP contribution in [-0.4, -0.2) is 17.1 Å². The third kappa shape index (κ3) is 2.32. The van der Waals surface area contributed by atoms with E-state index in [9.17, 15) is 4.79 Å². The van der Waals surface area contributed by atoms with Gasteiger partial charge in [-0.3, -0.25) is 14.9 Å². The average molecular weight is 181 g/mol. The summed E-state index contributed by atoms with van der Waals surface area (Å²) in [6, 6.07) is 3.69. The molecule has 0 aliphatic rings. The maximum Gasteiger partial charge on any atom is 0.245 e. The first kappa shape index (κ1) is 9.80. The molecule has 72 valence electrons. The highest BCUT2D eigenvalue weighted by Crippen LogP contribution is 2.12. The van der Waals surface area contributed by atoms with E-state index in [-0.39, 0.29) is 5.91 Å². The lowest BCUT2D eigenvalue weighted by Gasteiger charge is -2.21. The summed E-state index contributed by atoms with van der Waals surface area (Å²) in [4.78, 5) is 11.6. The van der Waals surface area contributed by atoms with E-state index < -0.39 is 5.41 Å². The zero-order valence-electron chi connectivity index (χ0n) is 7.95. The molecular formula is C9H15N3O. The molecule has 0 radical (unpaired) electrons. The Bertz CT molecular complexity index is 277. The summed E-state index contributed by atoms with van der Waals surface area (Å²) in [6.45, 7) is 3.96. The standard InChI is InChI=1S/C9H15N3O/c1-9(2,7-10)8(13)11-12-5-3-4-6-12/h3-6H,7,10H2,1-2H3,(H,11,13). The van der Waals surface area contributed by atoms with E-state index in [1.807, 2.05) is 26.0 Å². The van der Waals surface area contributed by atoms with Crippen LogP contribution in [0.2, 0.25) is 0 Å². The minimum Gasteiger partial charge on any atom is -0.329 e. The zero-order valence-corrected chi connectivity index (χ0v) is 7.95. The number of carbonyl (C=O) groups excluding carboxylic acids is 1. The molecule has 0 aliphatic heterocycles. The van der Waals surface area contributed by atoms with Gasteiger partial charge in [-0.05, 0) is 26.0 Å². The van der Waals surface area contributed by atoms with Gasteiger partial charge in [0.1, 0.15) is 0 Å². The molecule has 0 saturated heterocycles. The van der Waals surface area contributed by atoms with Gasteiger partial charge in [-0.1, -0.05) is 0 Å². The fraction of sp³-hybridized carbons (Fsp3) is 0.444. The van der Waals surface area contributed by atoms with Gasteiger partial charge in [0.15, 0.2) is 0 Å². The molecule has 0 atom stereocenters. The van der Waals surface area contributed by atoms with Gasteiger partial charge >= 0.3 is 0 Å². The van der Waals surface area contributed by atoms with Crippen LogP contribution in [0.25, 0.3) is 0 Å². The van der Waals surface area contributed by atoms with Crippen molar-refractivity contribution in [1.29, 1.82) is 0 Å². The predicted molar refractivity (Wildman–Crippen MR) is 51.6 cm³/mol. The van der Waals surface area contributed by atoms with Gasteiger partial charge in [0.2, 0.25) is 5.91 Å². The summed E-state index contributed by atoms with van der Waals surface area (Å²) in [5.41, 5.74) is 7.65. The molecule has 4 heteroatoms. The van der Waals surface area contributed by atoms with Crippen LogP contribution in [0.5, 0.6) is 0 Å². The number of nitrogens with two attached hydrogens (primary N) is 1. The third-order valence-electron chi connectivity index (χ3n) is 1.96. The number of aromatic nitrogens is 1. The van der Waals surface area contributed by atoms with Crippen molar-refractivity contribution in [3.63, 3.8) is 0 Å². The smallest absolute Gasteiger partial charge is 0.245 e. The van der Waals surface area contributed by atoms with E-state index in [1.165, 1.54) is 0 Å². The Balaban J connectivity index is 2.61. The molecular weight excluding hydrogens is 166 g/mol. The molecule has 0 bridgehead atoms. The molecule has 0 aromatic carbocycles. The first-order chi connectivity index (χ1) is 6.06. The van der Waals surface area contributed by atoms with Crippen LogP contribution in [0.4, 0.5) is 0 Å². The van der Waals surface area contributed by atoms with Gasteiger partial charge in [-0.2, -0.15) is 0 Å². The summed E-state index contributed by atoms with van der Waals surface area (Å²) in [7, 11) is 0. The Morgan fingerprint density at radius 1 is 1.46 bits per heavy atom. The SMILES string of the molecule is CC(C)(CN)C(=O)Nn1cccc1. The van der Waals surface area contributed by atoms with Gasteiger partial charge in [-0.25, -0.2) is 0 Å². The molecule has 1 heterocycles. The molecule has 13 heavy (non-hydrogen) atoms. The van der Waals surface area contributed by atoms with Crippen molar-refractivity contribution in [1.82, 2.24) is 4.68 Å². The molecule has 0 aliphatic carbocycles. The van der Waals surface area contributed by atoms with Crippen molar-refractivity contribution in [2.45, 2.75) is 13.8 Å². The van der Waals surface area contributed by atoms with Crippen molar-refractivity contribution >= 4 is 5.91 Å². The Kier molecular flexibility index (Phi) is 2.72. The van der Waals surface area contributed by atoms with Gasteiger partial charge in [-0.15, -0.1) is 0 Å². The lowest BCUT2D eigenvalue weighted by molar-refractivity contribution is -0.124. The summed E-state index contributed by atoms with van der Waals surface area (Å²) < 4.78 is 1.61. The van der Waals surface area contributed by atoms with Gasteiger partial charge in [0.05, 0.1) is 5.41 Å². The number of amides is 1. The third-order valence-corrected chi connectivity index (χ3v) is 1.96. The molecule has 0 spiro atoms. The van der Waals surface area contributed by atoms with Crippen LogP contribution in [0, 0.1) is 5.41 Å². The topological polar surface area (TPSA) is 60.1 Å². The van der Waals surface area contributed by atoms with Crippen molar-refractivity contribution in [3.05, 3.63) is 24.5 Å². The van der Waals surface area contributed by atoms with Crippen LogP contribution in [0.1, 0.15) is 13.8 Å². The maximum absolute atomic E-state index is 11.6. The fourth-order valence-corrected chi connectivity index (χ4v) is 0.770. The van der Waals surface area contributed by atoms with E-state index >= 15 is 0 Å². The second-order valence-corrected chi connectivity index (χ2v) is 3.62. The molecule has 0 unspecified atom stereocenters. The molecule has 0 saturated carbocycles. The van der Waals surface area contributed by atoms with Crippen molar-refractivity contribution in [2.24, 2.45) is 11.1 Å². The van der Waals surface area contributed by atoms with Crippen molar-refractivity contribution in [2.75, 3.05) is 12.0 Å². The van der Waals surface area contributed by atoms with Crippen molar-refractivity contribution in [3.8, 4) is 0 Å². The average Bonchev–Trinajstić information content (AvgIpc) is 2.57. The molecule has 4 nitrogen and oxygen atoms in total. The number of rotatable bonds is 3. The highest BCUT2D eigenvalue weighted by Gasteiger charge is 2.25. The zero-order chi connectivity index (χ0) is 9.90. The summed E-state index contributed by atoms with van der Waals surface area (Å²) >= 11 is 0. The van der Waals surface area contributed by atoms with Crippen molar-refractivity contribution < 1.29 is 4.79 Å². The number of carbonyl (C=O) groups is 1. The minimum atomic E-state index is -0.524.